The lowest BCUT2D eigenvalue weighted by molar-refractivity contribution is 0.590. The zero-order chi connectivity index (χ0) is 28.8. The SMILES string of the molecule is CC(C)(C)c1ccc(P(c2ccc(C(C)(C)C)cc2)c2ccc3ccccc3c2-c2cccc3ccccc23)cc1. The highest BCUT2D eigenvalue weighted by Crippen LogP contribution is 2.42. The average molecular weight is 551 g/mol. The number of rotatable bonds is 4. The van der Waals surface area contributed by atoms with Crippen molar-refractivity contribution in [1.82, 2.24) is 0 Å². The molecule has 0 spiro atoms. The summed E-state index contributed by atoms with van der Waals surface area (Å²) < 4.78 is 0. The maximum atomic E-state index is 2.40. The molecule has 0 radical (unpaired) electrons. The van der Waals surface area contributed by atoms with Gasteiger partial charge in [-0.15, -0.1) is 0 Å². The van der Waals surface area contributed by atoms with Crippen LogP contribution in [-0.2, 0) is 10.8 Å². The van der Waals surface area contributed by atoms with Crippen LogP contribution in [0.15, 0.2) is 127 Å². The van der Waals surface area contributed by atoms with Gasteiger partial charge in [-0.3, -0.25) is 0 Å². The minimum atomic E-state index is -0.815. The highest BCUT2D eigenvalue weighted by molar-refractivity contribution is 7.80. The van der Waals surface area contributed by atoms with Gasteiger partial charge in [0.2, 0.25) is 0 Å². The van der Waals surface area contributed by atoms with E-state index in [4.69, 9.17) is 0 Å². The summed E-state index contributed by atoms with van der Waals surface area (Å²) in [6.45, 7) is 13.7. The Morgan fingerprint density at radius 3 is 1.41 bits per heavy atom. The Kier molecular flexibility index (Phi) is 7.09. The summed E-state index contributed by atoms with van der Waals surface area (Å²) in [5, 5.41) is 9.33. The van der Waals surface area contributed by atoms with E-state index in [0.717, 1.165) is 0 Å². The molecule has 204 valence electrons. The quantitative estimate of drug-likeness (QED) is 0.192. The van der Waals surface area contributed by atoms with E-state index in [1.54, 1.807) is 0 Å². The second-order valence-corrected chi connectivity index (χ2v) is 15.3. The first-order chi connectivity index (χ1) is 19.6. The van der Waals surface area contributed by atoms with E-state index in [9.17, 15) is 0 Å². The summed E-state index contributed by atoms with van der Waals surface area (Å²) in [4.78, 5) is 0. The van der Waals surface area contributed by atoms with Crippen LogP contribution in [0.3, 0.4) is 0 Å². The predicted octanol–water partition coefficient (Wildman–Crippen LogP) is 10.0. The molecule has 0 fully saturated rings. The van der Waals surface area contributed by atoms with E-state index in [2.05, 4.69) is 169 Å². The Morgan fingerprint density at radius 2 is 0.878 bits per heavy atom. The van der Waals surface area contributed by atoms with Gasteiger partial charge in [-0.1, -0.05) is 169 Å². The third-order valence-corrected chi connectivity index (χ3v) is 10.7. The van der Waals surface area contributed by atoms with Crippen LogP contribution in [0.2, 0.25) is 0 Å². The first-order valence-electron chi connectivity index (χ1n) is 14.6. The number of benzene rings is 6. The third-order valence-electron chi connectivity index (χ3n) is 8.19. The molecule has 0 aliphatic heterocycles. The lowest BCUT2D eigenvalue weighted by Crippen LogP contribution is -2.24. The van der Waals surface area contributed by atoms with E-state index >= 15 is 0 Å². The van der Waals surface area contributed by atoms with Crippen molar-refractivity contribution in [3.63, 3.8) is 0 Å². The van der Waals surface area contributed by atoms with E-state index in [0.29, 0.717) is 0 Å². The fraction of sp³-hybridized carbons (Fsp3) is 0.200. The second-order valence-electron chi connectivity index (χ2n) is 13.1. The molecule has 0 saturated heterocycles. The largest absolute Gasteiger partial charge is 0.0616 e. The highest BCUT2D eigenvalue weighted by Gasteiger charge is 2.24. The summed E-state index contributed by atoms with van der Waals surface area (Å²) >= 11 is 0. The predicted molar refractivity (Wildman–Crippen MR) is 183 cm³/mol. The van der Waals surface area contributed by atoms with Crippen LogP contribution < -0.4 is 15.9 Å². The van der Waals surface area contributed by atoms with E-state index in [1.807, 2.05) is 0 Å². The minimum absolute atomic E-state index is 0.118. The standard InChI is InChI=1S/C40H39P/c1-39(2,3)30-19-23-32(24-20-30)41(33-25-21-31(22-26-33)40(4,5)6)37-27-18-29-13-8-10-16-35(29)38(37)36-17-11-14-28-12-7-9-15-34(28)36/h7-27H,1-6H3. The lowest BCUT2D eigenvalue weighted by Gasteiger charge is -2.27. The Labute approximate surface area is 246 Å². The van der Waals surface area contributed by atoms with Gasteiger partial charge < -0.3 is 0 Å². The molecule has 6 rings (SSSR count). The molecular weight excluding hydrogens is 511 g/mol. The first kappa shape index (κ1) is 27.4. The number of hydrogen-bond acceptors (Lipinski definition) is 0. The molecule has 0 aliphatic carbocycles. The third kappa shape index (κ3) is 5.35. The van der Waals surface area contributed by atoms with Gasteiger partial charge in [-0.05, 0) is 78.5 Å². The molecule has 0 nitrogen and oxygen atoms in total. The molecule has 0 atom stereocenters. The van der Waals surface area contributed by atoms with Gasteiger partial charge in [0.15, 0.2) is 0 Å². The van der Waals surface area contributed by atoms with Crippen molar-refractivity contribution in [2.75, 3.05) is 0 Å². The Bertz CT molecular complexity index is 1770. The molecule has 0 bridgehead atoms. The molecule has 6 aromatic rings. The van der Waals surface area contributed by atoms with Gasteiger partial charge in [-0.2, -0.15) is 0 Å². The summed E-state index contributed by atoms with van der Waals surface area (Å²) in [5.41, 5.74) is 5.63. The van der Waals surface area contributed by atoms with E-state index in [-0.39, 0.29) is 10.8 Å². The fourth-order valence-electron chi connectivity index (χ4n) is 5.82. The van der Waals surface area contributed by atoms with Gasteiger partial charge in [0, 0.05) is 0 Å². The van der Waals surface area contributed by atoms with Crippen LogP contribution in [0.25, 0.3) is 32.7 Å². The molecule has 6 aromatic carbocycles. The summed E-state index contributed by atoms with van der Waals surface area (Å²) in [7, 11) is -0.815. The van der Waals surface area contributed by atoms with Crippen molar-refractivity contribution in [2.24, 2.45) is 0 Å². The maximum Gasteiger partial charge on any atom is -0.00155 e. The average Bonchev–Trinajstić information content (AvgIpc) is 2.96. The molecular formula is C40H39P. The van der Waals surface area contributed by atoms with Crippen LogP contribution in [0, 0.1) is 0 Å². The lowest BCUT2D eigenvalue weighted by atomic mass is 9.87. The van der Waals surface area contributed by atoms with Crippen molar-refractivity contribution >= 4 is 45.4 Å². The van der Waals surface area contributed by atoms with Crippen LogP contribution in [0.5, 0.6) is 0 Å². The Hall–Kier alpha value is -3.73. The van der Waals surface area contributed by atoms with Gasteiger partial charge >= 0.3 is 0 Å². The van der Waals surface area contributed by atoms with Crippen molar-refractivity contribution in [1.29, 1.82) is 0 Å². The zero-order valence-corrected chi connectivity index (χ0v) is 26.0. The molecule has 41 heavy (non-hydrogen) atoms. The van der Waals surface area contributed by atoms with E-state index in [1.165, 1.54) is 59.7 Å². The van der Waals surface area contributed by atoms with Crippen LogP contribution >= 0.6 is 7.92 Å². The van der Waals surface area contributed by atoms with Gasteiger partial charge in [0.25, 0.3) is 0 Å². The maximum absolute atomic E-state index is 2.40. The Balaban J connectivity index is 1.66. The molecule has 0 N–H and O–H groups in total. The number of hydrogen-bond donors (Lipinski definition) is 0. The Morgan fingerprint density at radius 1 is 0.415 bits per heavy atom. The van der Waals surface area contributed by atoms with Gasteiger partial charge in [-0.25, -0.2) is 0 Å². The molecule has 0 aromatic heterocycles. The van der Waals surface area contributed by atoms with Crippen LogP contribution in [-0.4, -0.2) is 0 Å². The molecule has 0 aliphatic rings. The van der Waals surface area contributed by atoms with Crippen molar-refractivity contribution in [3.8, 4) is 11.1 Å². The molecule has 0 saturated carbocycles. The monoisotopic (exact) mass is 550 g/mol. The normalized spacial score (nSPS) is 12.4. The second kappa shape index (κ2) is 10.6. The zero-order valence-electron chi connectivity index (χ0n) is 25.1. The van der Waals surface area contributed by atoms with Crippen molar-refractivity contribution in [3.05, 3.63) is 139 Å². The molecule has 0 unspecified atom stereocenters. The van der Waals surface area contributed by atoms with Gasteiger partial charge in [0.1, 0.15) is 0 Å². The molecule has 0 heterocycles. The molecule has 0 amide bonds. The molecule has 1 heteroatoms. The van der Waals surface area contributed by atoms with Crippen LogP contribution in [0.4, 0.5) is 0 Å². The highest BCUT2D eigenvalue weighted by atomic mass is 31.1. The van der Waals surface area contributed by atoms with Crippen molar-refractivity contribution < 1.29 is 0 Å². The summed E-state index contributed by atoms with van der Waals surface area (Å²) in [5.74, 6) is 0. The first-order valence-corrected chi connectivity index (χ1v) is 16.0. The summed E-state index contributed by atoms with van der Waals surface area (Å²) in [6.07, 6.45) is 0. The van der Waals surface area contributed by atoms with E-state index < -0.39 is 7.92 Å². The van der Waals surface area contributed by atoms with Crippen molar-refractivity contribution in [2.45, 2.75) is 52.4 Å². The minimum Gasteiger partial charge on any atom is -0.0616 e. The van der Waals surface area contributed by atoms with Crippen LogP contribution in [0.1, 0.15) is 52.7 Å². The topological polar surface area (TPSA) is 0 Å². The fourth-order valence-corrected chi connectivity index (χ4v) is 8.26. The van der Waals surface area contributed by atoms with Gasteiger partial charge in [0.05, 0.1) is 0 Å². The smallest absolute Gasteiger partial charge is 0.00155 e. The number of fused-ring (bicyclic) bond motifs is 2. The summed E-state index contributed by atoms with van der Waals surface area (Å²) in [6, 6.07) is 48.0.